The van der Waals surface area contributed by atoms with Gasteiger partial charge in [0, 0.05) is 11.1 Å². The highest BCUT2D eigenvalue weighted by molar-refractivity contribution is 6.06. The molecule has 0 unspecified atom stereocenters. The van der Waals surface area contributed by atoms with Crippen molar-refractivity contribution in [3.05, 3.63) is 66.7 Å². The van der Waals surface area contributed by atoms with Crippen LogP contribution in [0.25, 0.3) is 10.8 Å². The second-order valence-corrected chi connectivity index (χ2v) is 7.25. The van der Waals surface area contributed by atoms with Gasteiger partial charge >= 0.3 is 6.03 Å². The highest BCUT2D eigenvalue weighted by atomic mass is 16.5. The lowest BCUT2D eigenvalue weighted by Gasteiger charge is -2.11. The third-order valence-electron chi connectivity index (χ3n) is 4.92. The van der Waals surface area contributed by atoms with Crippen LogP contribution in [0, 0.1) is 0 Å². The van der Waals surface area contributed by atoms with E-state index in [4.69, 9.17) is 4.74 Å². The fraction of sp³-hybridized carbons (Fsp3) is 0.320. The van der Waals surface area contributed by atoms with E-state index < -0.39 is 0 Å². The monoisotopic (exact) mass is 390 g/mol. The van der Waals surface area contributed by atoms with Crippen molar-refractivity contribution >= 4 is 28.2 Å². The molecule has 4 nitrogen and oxygen atoms in total. The van der Waals surface area contributed by atoms with Crippen LogP contribution in [0.2, 0.25) is 0 Å². The number of hydrogen-bond donors (Lipinski definition) is 2. The van der Waals surface area contributed by atoms with Gasteiger partial charge in [0.05, 0.1) is 12.3 Å². The fourth-order valence-corrected chi connectivity index (χ4v) is 3.33. The maximum atomic E-state index is 12.4. The van der Waals surface area contributed by atoms with Crippen LogP contribution in [0.3, 0.4) is 0 Å². The van der Waals surface area contributed by atoms with E-state index in [1.54, 1.807) is 0 Å². The molecule has 0 radical (unpaired) electrons. The molecule has 0 aliphatic heterocycles. The summed E-state index contributed by atoms with van der Waals surface area (Å²) in [4.78, 5) is 12.4. The second-order valence-electron chi connectivity index (χ2n) is 7.25. The normalized spacial score (nSPS) is 10.7. The zero-order valence-electron chi connectivity index (χ0n) is 17.1. The van der Waals surface area contributed by atoms with E-state index >= 15 is 0 Å². The van der Waals surface area contributed by atoms with Gasteiger partial charge in [-0.05, 0) is 42.1 Å². The molecule has 29 heavy (non-hydrogen) atoms. The first kappa shape index (κ1) is 20.7. The summed E-state index contributed by atoms with van der Waals surface area (Å²) in [6.45, 7) is 2.97. The standard InChI is InChI=1S/C25H30N2O2/c1-2-3-4-5-6-9-19-29-22-17-15-21(16-18-22)26-25(28)27-24-14-10-12-20-11-7-8-13-23(20)24/h7-8,10-18H,2-6,9,19H2,1H3,(H2,26,27,28). The van der Waals surface area contributed by atoms with Gasteiger partial charge < -0.3 is 15.4 Å². The molecule has 0 spiro atoms. The van der Waals surface area contributed by atoms with E-state index in [0.717, 1.165) is 40.9 Å². The topological polar surface area (TPSA) is 50.4 Å². The lowest BCUT2D eigenvalue weighted by Crippen LogP contribution is -2.19. The first-order valence-corrected chi connectivity index (χ1v) is 10.5. The number of hydrogen-bond acceptors (Lipinski definition) is 2. The smallest absolute Gasteiger partial charge is 0.323 e. The number of anilines is 2. The minimum Gasteiger partial charge on any atom is -0.494 e. The number of ether oxygens (including phenoxy) is 1. The van der Waals surface area contributed by atoms with Gasteiger partial charge in [-0.2, -0.15) is 0 Å². The minimum atomic E-state index is -0.262. The maximum Gasteiger partial charge on any atom is 0.323 e. The predicted octanol–water partition coefficient (Wildman–Crippen LogP) is 7.22. The van der Waals surface area contributed by atoms with E-state index in [1.165, 1.54) is 32.1 Å². The number of fused-ring (bicyclic) bond motifs is 1. The van der Waals surface area contributed by atoms with Crippen molar-refractivity contribution < 1.29 is 9.53 Å². The van der Waals surface area contributed by atoms with E-state index in [1.807, 2.05) is 66.7 Å². The Morgan fingerprint density at radius 1 is 0.793 bits per heavy atom. The Kier molecular flexibility index (Phi) is 7.93. The number of urea groups is 1. The third kappa shape index (κ3) is 6.53. The van der Waals surface area contributed by atoms with Crippen molar-refractivity contribution in [1.29, 1.82) is 0 Å². The average molecular weight is 391 g/mol. The quantitative estimate of drug-likeness (QED) is 0.359. The lowest BCUT2D eigenvalue weighted by molar-refractivity contribution is 0.262. The summed E-state index contributed by atoms with van der Waals surface area (Å²) in [5.74, 6) is 0.832. The Morgan fingerprint density at radius 3 is 2.34 bits per heavy atom. The van der Waals surface area contributed by atoms with Crippen LogP contribution in [-0.2, 0) is 0 Å². The van der Waals surface area contributed by atoms with E-state index in [0.29, 0.717) is 0 Å². The van der Waals surface area contributed by atoms with Crippen LogP contribution >= 0.6 is 0 Å². The van der Waals surface area contributed by atoms with Crippen LogP contribution in [0.15, 0.2) is 66.7 Å². The molecule has 3 aromatic rings. The summed E-state index contributed by atoms with van der Waals surface area (Å²) in [5.41, 5.74) is 1.52. The molecular formula is C25H30N2O2. The molecule has 0 saturated heterocycles. The highest BCUT2D eigenvalue weighted by Gasteiger charge is 2.06. The number of nitrogens with one attached hydrogen (secondary N) is 2. The zero-order chi connectivity index (χ0) is 20.3. The Morgan fingerprint density at radius 2 is 1.52 bits per heavy atom. The van der Waals surface area contributed by atoms with Crippen molar-refractivity contribution in [2.45, 2.75) is 45.4 Å². The molecule has 2 N–H and O–H groups in total. The summed E-state index contributed by atoms with van der Waals surface area (Å²) in [5, 5.41) is 7.91. The lowest BCUT2D eigenvalue weighted by atomic mass is 10.1. The van der Waals surface area contributed by atoms with Gasteiger partial charge in [0.2, 0.25) is 0 Å². The average Bonchev–Trinajstić information content (AvgIpc) is 2.74. The number of rotatable bonds is 10. The maximum absolute atomic E-state index is 12.4. The van der Waals surface area contributed by atoms with Crippen molar-refractivity contribution in [1.82, 2.24) is 0 Å². The summed E-state index contributed by atoms with van der Waals surface area (Å²) >= 11 is 0. The van der Waals surface area contributed by atoms with Crippen molar-refractivity contribution in [2.24, 2.45) is 0 Å². The molecule has 2 amide bonds. The van der Waals surface area contributed by atoms with Gasteiger partial charge in [-0.15, -0.1) is 0 Å². The summed E-state index contributed by atoms with van der Waals surface area (Å²) in [6.07, 6.45) is 7.49. The first-order chi connectivity index (χ1) is 14.3. The second kappa shape index (κ2) is 11.1. The van der Waals surface area contributed by atoms with Crippen molar-refractivity contribution in [3.63, 3.8) is 0 Å². The van der Waals surface area contributed by atoms with Crippen LogP contribution in [0.5, 0.6) is 5.75 Å². The predicted molar refractivity (Wildman–Crippen MR) is 122 cm³/mol. The number of carbonyl (C=O) groups is 1. The molecule has 0 atom stereocenters. The largest absolute Gasteiger partial charge is 0.494 e. The number of benzene rings is 3. The number of amides is 2. The zero-order valence-corrected chi connectivity index (χ0v) is 17.1. The van der Waals surface area contributed by atoms with Gasteiger partial charge in [0.25, 0.3) is 0 Å². The first-order valence-electron chi connectivity index (χ1n) is 10.5. The minimum absolute atomic E-state index is 0.262. The summed E-state index contributed by atoms with van der Waals surface area (Å²) in [7, 11) is 0. The fourth-order valence-electron chi connectivity index (χ4n) is 3.33. The van der Waals surface area contributed by atoms with Crippen molar-refractivity contribution in [3.8, 4) is 5.75 Å². The van der Waals surface area contributed by atoms with Crippen LogP contribution in [0.1, 0.15) is 45.4 Å². The molecule has 0 heterocycles. The van der Waals surface area contributed by atoms with E-state index in [2.05, 4.69) is 17.6 Å². The Hall–Kier alpha value is -3.01. The molecule has 0 saturated carbocycles. The van der Waals surface area contributed by atoms with E-state index in [-0.39, 0.29) is 6.03 Å². The Bertz CT molecular complexity index is 901. The van der Waals surface area contributed by atoms with Gasteiger partial charge in [-0.25, -0.2) is 4.79 Å². The molecule has 0 fully saturated rings. The SMILES string of the molecule is CCCCCCCCOc1ccc(NC(=O)Nc2cccc3ccccc23)cc1. The molecule has 3 aromatic carbocycles. The molecule has 152 valence electrons. The highest BCUT2D eigenvalue weighted by Crippen LogP contribution is 2.23. The third-order valence-corrected chi connectivity index (χ3v) is 4.92. The van der Waals surface area contributed by atoms with Gasteiger partial charge in [-0.1, -0.05) is 75.4 Å². The van der Waals surface area contributed by atoms with Gasteiger partial charge in [-0.3, -0.25) is 0 Å². The van der Waals surface area contributed by atoms with Crippen LogP contribution in [0.4, 0.5) is 16.2 Å². The number of unbranched alkanes of at least 4 members (excludes halogenated alkanes) is 5. The summed E-state index contributed by atoms with van der Waals surface area (Å²) in [6, 6.07) is 21.1. The molecule has 0 aliphatic carbocycles. The van der Waals surface area contributed by atoms with Crippen LogP contribution < -0.4 is 15.4 Å². The van der Waals surface area contributed by atoms with E-state index in [9.17, 15) is 4.79 Å². The number of carbonyl (C=O) groups excluding carboxylic acids is 1. The van der Waals surface area contributed by atoms with Gasteiger partial charge in [0.15, 0.2) is 0 Å². The molecule has 3 rings (SSSR count). The summed E-state index contributed by atoms with van der Waals surface area (Å²) < 4.78 is 5.79. The molecule has 0 aromatic heterocycles. The Balaban J connectivity index is 1.45. The van der Waals surface area contributed by atoms with Crippen molar-refractivity contribution in [2.75, 3.05) is 17.2 Å². The molecule has 4 heteroatoms. The molecule has 0 aliphatic rings. The molecular weight excluding hydrogens is 360 g/mol. The van der Waals surface area contributed by atoms with Crippen LogP contribution in [-0.4, -0.2) is 12.6 Å². The van der Waals surface area contributed by atoms with Gasteiger partial charge in [0.1, 0.15) is 5.75 Å². The Labute approximate surface area is 173 Å². The molecule has 0 bridgehead atoms.